The summed E-state index contributed by atoms with van der Waals surface area (Å²) in [6.45, 7) is 4.10. The highest BCUT2D eigenvalue weighted by atomic mass is 19.1. The summed E-state index contributed by atoms with van der Waals surface area (Å²) in [5.74, 6) is -0.566. The Morgan fingerprint density at radius 1 is 1.30 bits per heavy atom. The Labute approximate surface area is 134 Å². The maximum absolute atomic E-state index is 13.3. The summed E-state index contributed by atoms with van der Waals surface area (Å²) >= 11 is 0. The van der Waals surface area contributed by atoms with E-state index in [-0.39, 0.29) is 24.2 Å². The summed E-state index contributed by atoms with van der Waals surface area (Å²) in [4.78, 5) is 31.3. The van der Waals surface area contributed by atoms with Crippen LogP contribution in [-0.4, -0.2) is 52.8 Å². The summed E-state index contributed by atoms with van der Waals surface area (Å²) in [5.41, 5.74) is 1.10. The lowest BCUT2D eigenvalue weighted by Crippen LogP contribution is -2.39. The number of hydrogen-bond donors (Lipinski definition) is 1. The highest BCUT2D eigenvalue weighted by Crippen LogP contribution is 2.18. The maximum atomic E-state index is 13.3. The van der Waals surface area contributed by atoms with Gasteiger partial charge in [0, 0.05) is 30.5 Å². The van der Waals surface area contributed by atoms with Crippen molar-refractivity contribution in [3.05, 3.63) is 35.8 Å². The van der Waals surface area contributed by atoms with Crippen molar-refractivity contribution in [1.29, 1.82) is 0 Å². The van der Waals surface area contributed by atoms with Crippen LogP contribution in [-0.2, 0) is 4.79 Å². The molecule has 1 aromatic carbocycles. The van der Waals surface area contributed by atoms with E-state index in [1.807, 2.05) is 11.8 Å². The molecular formula is C17H20FN3O2. The molecule has 1 aliphatic heterocycles. The van der Waals surface area contributed by atoms with Crippen molar-refractivity contribution >= 4 is 22.7 Å². The van der Waals surface area contributed by atoms with Gasteiger partial charge in [0.2, 0.25) is 5.91 Å². The van der Waals surface area contributed by atoms with E-state index in [1.165, 1.54) is 12.1 Å². The molecule has 3 rings (SSSR count). The highest BCUT2D eigenvalue weighted by molar-refractivity contribution is 5.99. The molecule has 0 spiro atoms. The molecule has 6 heteroatoms. The molecular weight excluding hydrogens is 297 g/mol. The topological polar surface area (TPSA) is 56.4 Å². The summed E-state index contributed by atoms with van der Waals surface area (Å²) < 4.78 is 13.3. The summed E-state index contributed by atoms with van der Waals surface area (Å²) in [6.07, 6.45) is 1.68. The third kappa shape index (κ3) is 3.21. The number of aromatic amines is 1. The van der Waals surface area contributed by atoms with Gasteiger partial charge in [-0.3, -0.25) is 9.59 Å². The second-order valence-electron chi connectivity index (χ2n) is 5.88. The molecule has 0 bridgehead atoms. The Bertz CT molecular complexity index is 741. The van der Waals surface area contributed by atoms with E-state index in [2.05, 4.69) is 4.98 Å². The number of carbonyl (C=O) groups excluding carboxylic acids is 2. The smallest absolute Gasteiger partial charge is 0.270 e. The average Bonchev–Trinajstić information content (AvgIpc) is 2.86. The van der Waals surface area contributed by atoms with Gasteiger partial charge >= 0.3 is 0 Å². The molecule has 0 saturated carbocycles. The van der Waals surface area contributed by atoms with Gasteiger partial charge in [0.05, 0.1) is 0 Å². The van der Waals surface area contributed by atoms with Gasteiger partial charge in [-0.25, -0.2) is 4.39 Å². The fourth-order valence-corrected chi connectivity index (χ4v) is 2.99. The predicted octanol–water partition coefficient (Wildman–Crippen LogP) is 2.39. The van der Waals surface area contributed by atoms with Gasteiger partial charge in [-0.15, -0.1) is 0 Å². The normalized spacial score (nSPS) is 16.0. The van der Waals surface area contributed by atoms with Gasteiger partial charge in [-0.05, 0) is 37.1 Å². The van der Waals surface area contributed by atoms with Crippen molar-refractivity contribution in [3.63, 3.8) is 0 Å². The zero-order valence-electron chi connectivity index (χ0n) is 13.1. The minimum Gasteiger partial charge on any atom is -0.351 e. The molecule has 2 aromatic rings. The zero-order valence-corrected chi connectivity index (χ0v) is 13.1. The van der Waals surface area contributed by atoms with Crippen LogP contribution in [0.5, 0.6) is 0 Å². The number of nitrogens with one attached hydrogen (secondary N) is 1. The van der Waals surface area contributed by atoms with E-state index in [0.717, 1.165) is 19.4 Å². The first kappa shape index (κ1) is 15.5. The van der Waals surface area contributed by atoms with Crippen LogP contribution < -0.4 is 0 Å². The lowest BCUT2D eigenvalue weighted by molar-refractivity contribution is -0.130. The molecule has 5 nitrogen and oxygen atoms in total. The number of rotatable bonds is 3. The van der Waals surface area contributed by atoms with Crippen LogP contribution >= 0.6 is 0 Å². The maximum Gasteiger partial charge on any atom is 0.270 e. The van der Waals surface area contributed by atoms with Crippen LogP contribution in [0.25, 0.3) is 10.9 Å². The van der Waals surface area contributed by atoms with Crippen molar-refractivity contribution in [1.82, 2.24) is 14.8 Å². The Balaban J connectivity index is 1.79. The molecule has 0 radical (unpaired) electrons. The Kier molecular flexibility index (Phi) is 4.32. The molecule has 0 unspecified atom stereocenters. The van der Waals surface area contributed by atoms with Crippen LogP contribution in [0.15, 0.2) is 24.3 Å². The first-order chi connectivity index (χ1) is 11.1. The van der Waals surface area contributed by atoms with Crippen molar-refractivity contribution in [2.24, 2.45) is 0 Å². The van der Waals surface area contributed by atoms with E-state index in [9.17, 15) is 14.0 Å². The largest absolute Gasteiger partial charge is 0.351 e. The van der Waals surface area contributed by atoms with Crippen LogP contribution in [0.1, 0.15) is 30.3 Å². The van der Waals surface area contributed by atoms with Crippen LogP contribution in [0.2, 0.25) is 0 Å². The molecule has 1 fully saturated rings. The van der Waals surface area contributed by atoms with Gasteiger partial charge in [-0.2, -0.15) is 0 Å². The standard InChI is InChI=1S/C17H20FN3O2/c1-2-6-20-7-3-8-21(11-16(20)22)17(23)15-10-12-9-13(18)4-5-14(12)19-15/h4-5,9-10,19H,2-3,6-8,11H2,1H3. The third-order valence-corrected chi connectivity index (χ3v) is 4.13. The van der Waals surface area contributed by atoms with Crippen LogP contribution in [0, 0.1) is 5.82 Å². The third-order valence-electron chi connectivity index (χ3n) is 4.13. The van der Waals surface area contributed by atoms with E-state index < -0.39 is 0 Å². The molecule has 2 heterocycles. The van der Waals surface area contributed by atoms with Crippen LogP contribution in [0.4, 0.5) is 4.39 Å². The monoisotopic (exact) mass is 317 g/mol. The average molecular weight is 317 g/mol. The first-order valence-corrected chi connectivity index (χ1v) is 7.94. The molecule has 1 aromatic heterocycles. The lowest BCUT2D eigenvalue weighted by Gasteiger charge is -2.21. The fourth-order valence-electron chi connectivity index (χ4n) is 2.99. The number of fused-ring (bicyclic) bond motifs is 1. The van der Waals surface area contributed by atoms with E-state index in [4.69, 9.17) is 0 Å². The Morgan fingerprint density at radius 2 is 2.13 bits per heavy atom. The van der Waals surface area contributed by atoms with Crippen LogP contribution in [0.3, 0.4) is 0 Å². The van der Waals surface area contributed by atoms with Crippen molar-refractivity contribution < 1.29 is 14.0 Å². The second kappa shape index (κ2) is 6.40. The molecule has 122 valence electrons. The minimum atomic E-state index is -0.337. The zero-order chi connectivity index (χ0) is 16.4. The van der Waals surface area contributed by atoms with E-state index in [1.54, 1.807) is 17.0 Å². The fraction of sp³-hybridized carbons (Fsp3) is 0.412. The number of carbonyl (C=O) groups is 2. The van der Waals surface area contributed by atoms with Gasteiger partial charge in [0.1, 0.15) is 18.1 Å². The van der Waals surface area contributed by atoms with Gasteiger partial charge in [0.25, 0.3) is 5.91 Å². The minimum absolute atomic E-state index is 0.0140. The first-order valence-electron chi connectivity index (χ1n) is 7.94. The van der Waals surface area contributed by atoms with Gasteiger partial charge in [-0.1, -0.05) is 6.92 Å². The number of aromatic nitrogens is 1. The van der Waals surface area contributed by atoms with E-state index >= 15 is 0 Å². The number of hydrogen-bond acceptors (Lipinski definition) is 2. The molecule has 1 N–H and O–H groups in total. The van der Waals surface area contributed by atoms with Crippen molar-refractivity contribution in [2.75, 3.05) is 26.2 Å². The number of halogens is 1. The molecule has 0 atom stereocenters. The van der Waals surface area contributed by atoms with E-state index in [0.29, 0.717) is 29.7 Å². The Morgan fingerprint density at radius 3 is 2.91 bits per heavy atom. The van der Waals surface area contributed by atoms with Crippen molar-refractivity contribution in [3.8, 4) is 0 Å². The van der Waals surface area contributed by atoms with Gasteiger partial charge in [0.15, 0.2) is 0 Å². The lowest BCUT2D eigenvalue weighted by atomic mass is 10.2. The number of nitrogens with zero attached hydrogens (tertiary/aromatic N) is 2. The second-order valence-corrected chi connectivity index (χ2v) is 5.88. The predicted molar refractivity (Wildman–Crippen MR) is 85.6 cm³/mol. The summed E-state index contributed by atoms with van der Waals surface area (Å²) in [6, 6.07) is 5.99. The molecule has 0 aliphatic carbocycles. The summed E-state index contributed by atoms with van der Waals surface area (Å²) in [5, 5.41) is 0.655. The molecule has 2 amide bonds. The van der Waals surface area contributed by atoms with Gasteiger partial charge < -0.3 is 14.8 Å². The quantitative estimate of drug-likeness (QED) is 0.945. The number of H-pyrrole nitrogens is 1. The Hall–Kier alpha value is -2.37. The molecule has 1 aliphatic rings. The molecule has 1 saturated heterocycles. The number of benzene rings is 1. The highest BCUT2D eigenvalue weighted by Gasteiger charge is 2.26. The molecule has 23 heavy (non-hydrogen) atoms. The summed E-state index contributed by atoms with van der Waals surface area (Å²) in [7, 11) is 0. The number of amides is 2. The van der Waals surface area contributed by atoms with Crippen molar-refractivity contribution in [2.45, 2.75) is 19.8 Å². The SMILES string of the molecule is CCCN1CCCN(C(=O)c2cc3cc(F)ccc3[nH]2)CC1=O.